The normalized spacial score (nSPS) is 16.9. The fraction of sp³-hybridized carbons (Fsp3) is 0.200. The van der Waals surface area contributed by atoms with Gasteiger partial charge in [-0.05, 0) is 59.5 Å². The van der Waals surface area contributed by atoms with Gasteiger partial charge in [0.1, 0.15) is 0 Å². The van der Waals surface area contributed by atoms with E-state index in [2.05, 4.69) is 22.3 Å². The van der Waals surface area contributed by atoms with Crippen LogP contribution in [0.5, 0.6) is 0 Å². The molecule has 0 bridgehead atoms. The van der Waals surface area contributed by atoms with Crippen LogP contribution in [-0.2, 0) is 16.1 Å². The van der Waals surface area contributed by atoms with Crippen LogP contribution in [-0.4, -0.2) is 29.3 Å². The smallest absolute Gasteiger partial charge is 0.248 e. The van der Waals surface area contributed by atoms with Gasteiger partial charge in [-0.2, -0.15) is 0 Å². The predicted octanol–water partition coefficient (Wildman–Crippen LogP) is 3.94. The van der Waals surface area contributed by atoms with Crippen molar-refractivity contribution in [2.24, 2.45) is 5.73 Å². The van der Waals surface area contributed by atoms with E-state index in [-0.39, 0.29) is 17.9 Å². The van der Waals surface area contributed by atoms with Crippen molar-refractivity contribution >= 4 is 34.4 Å². The number of hydrogen-bond donors (Lipinski definition) is 2. The Hall–Kier alpha value is -3.44. The van der Waals surface area contributed by atoms with E-state index in [0.29, 0.717) is 6.54 Å². The van der Waals surface area contributed by atoms with Crippen LogP contribution >= 0.6 is 0 Å². The molecular formula is C25H25N3O2. The summed E-state index contributed by atoms with van der Waals surface area (Å²) in [4.78, 5) is 26.2. The number of fused-ring (bicyclic) bond motifs is 1. The first-order chi connectivity index (χ1) is 14.6. The van der Waals surface area contributed by atoms with Crippen LogP contribution in [0.25, 0.3) is 16.8 Å². The number of rotatable bonds is 6. The second kappa shape index (κ2) is 8.93. The van der Waals surface area contributed by atoms with Gasteiger partial charge in [0.2, 0.25) is 11.8 Å². The van der Waals surface area contributed by atoms with Crippen molar-refractivity contribution < 1.29 is 9.59 Å². The molecule has 1 saturated heterocycles. The molecule has 5 heteroatoms. The van der Waals surface area contributed by atoms with Gasteiger partial charge in [0.25, 0.3) is 0 Å². The fourth-order valence-corrected chi connectivity index (χ4v) is 4.06. The molecule has 1 atom stereocenters. The van der Waals surface area contributed by atoms with Crippen molar-refractivity contribution in [2.75, 3.05) is 11.9 Å². The van der Waals surface area contributed by atoms with Crippen molar-refractivity contribution in [3.8, 4) is 0 Å². The Kier molecular flexibility index (Phi) is 5.91. The standard InChI is InChI=1S/C25H25N3O2/c26-25(30)23-12-5-15-28(23)17-18-6-3-10-21(16-18)27-24(29)14-13-20-9-4-8-19-7-1-2-11-22(19)20/h1-4,6-11,13-14,16,23H,5,12,15,17H2,(H2,26,30)(H,27,29)/b14-13+. The highest BCUT2D eigenvalue weighted by atomic mass is 16.2. The molecule has 3 aromatic rings. The number of likely N-dealkylation sites (tertiary alicyclic amines) is 1. The Balaban J connectivity index is 1.43. The quantitative estimate of drug-likeness (QED) is 0.617. The van der Waals surface area contributed by atoms with Crippen LogP contribution in [0.4, 0.5) is 5.69 Å². The van der Waals surface area contributed by atoms with E-state index >= 15 is 0 Å². The summed E-state index contributed by atoms with van der Waals surface area (Å²) in [6, 6.07) is 21.7. The summed E-state index contributed by atoms with van der Waals surface area (Å²) in [5.41, 5.74) is 8.28. The van der Waals surface area contributed by atoms with Gasteiger partial charge in [0, 0.05) is 18.3 Å². The molecule has 4 rings (SSSR count). The second-order valence-corrected chi connectivity index (χ2v) is 7.62. The monoisotopic (exact) mass is 399 g/mol. The number of carbonyl (C=O) groups is 2. The van der Waals surface area contributed by atoms with Crippen molar-refractivity contribution in [3.63, 3.8) is 0 Å². The number of hydrogen-bond acceptors (Lipinski definition) is 3. The van der Waals surface area contributed by atoms with E-state index in [4.69, 9.17) is 5.73 Å². The molecule has 1 heterocycles. The zero-order valence-corrected chi connectivity index (χ0v) is 16.8. The number of nitrogens with one attached hydrogen (secondary N) is 1. The summed E-state index contributed by atoms with van der Waals surface area (Å²) < 4.78 is 0. The second-order valence-electron chi connectivity index (χ2n) is 7.62. The average Bonchev–Trinajstić information content (AvgIpc) is 3.21. The third kappa shape index (κ3) is 4.58. The molecular weight excluding hydrogens is 374 g/mol. The Morgan fingerprint density at radius 1 is 1.07 bits per heavy atom. The van der Waals surface area contributed by atoms with Crippen LogP contribution in [0.3, 0.4) is 0 Å². The topological polar surface area (TPSA) is 75.4 Å². The molecule has 0 spiro atoms. The Morgan fingerprint density at radius 2 is 1.87 bits per heavy atom. The van der Waals surface area contributed by atoms with Gasteiger partial charge in [0.05, 0.1) is 6.04 Å². The summed E-state index contributed by atoms with van der Waals surface area (Å²) in [5, 5.41) is 5.18. The first-order valence-electron chi connectivity index (χ1n) is 10.2. The molecule has 0 radical (unpaired) electrons. The number of carbonyl (C=O) groups excluding carboxylic acids is 2. The average molecular weight is 399 g/mol. The van der Waals surface area contributed by atoms with Crippen molar-refractivity contribution in [2.45, 2.75) is 25.4 Å². The van der Waals surface area contributed by atoms with E-state index in [0.717, 1.165) is 47.0 Å². The van der Waals surface area contributed by atoms with E-state index < -0.39 is 0 Å². The fourth-order valence-electron chi connectivity index (χ4n) is 4.06. The summed E-state index contributed by atoms with van der Waals surface area (Å²) in [5.74, 6) is -0.452. The first-order valence-corrected chi connectivity index (χ1v) is 10.2. The highest BCUT2D eigenvalue weighted by Gasteiger charge is 2.28. The van der Waals surface area contributed by atoms with Gasteiger partial charge in [-0.1, -0.05) is 54.6 Å². The van der Waals surface area contributed by atoms with Crippen LogP contribution in [0.1, 0.15) is 24.0 Å². The molecule has 0 aliphatic carbocycles. The molecule has 2 amide bonds. The van der Waals surface area contributed by atoms with Gasteiger partial charge in [-0.25, -0.2) is 0 Å². The van der Waals surface area contributed by atoms with Crippen LogP contribution in [0, 0.1) is 0 Å². The molecule has 30 heavy (non-hydrogen) atoms. The lowest BCUT2D eigenvalue weighted by molar-refractivity contribution is -0.122. The summed E-state index contributed by atoms with van der Waals surface area (Å²) in [6.45, 7) is 1.50. The summed E-state index contributed by atoms with van der Waals surface area (Å²) in [7, 11) is 0. The summed E-state index contributed by atoms with van der Waals surface area (Å²) in [6.07, 6.45) is 5.18. The van der Waals surface area contributed by atoms with Crippen LogP contribution < -0.4 is 11.1 Å². The van der Waals surface area contributed by atoms with Crippen molar-refractivity contribution in [1.29, 1.82) is 0 Å². The Bertz CT molecular complexity index is 1100. The van der Waals surface area contributed by atoms with Crippen molar-refractivity contribution in [3.05, 3.63) is 83.9 Å². The molecule has 1 unspecified atom stereocenters. The third-order valence-corrected chi connectivity index (χ3v) is 5.51. The number of amides is 2. The number of primary amides is 1. The highest BCUT2D eigenvalue weighted by molar-refractivity contribution is 6.03. The molecule has 5 nitrogen and oxygen atoms in total. The van der Waals surface area contributed by atoms with Gasteiger partial charge >= 0.3 is 0 Å². The van der Waals surface area contributed by atoms with Gasteiger partial charge < -0.3 is 11.1 Å². The van der Waals surface area contributed by atoms with Gasteiger partial charge in [0.15, 0.2) is 0 Å². The lowest BCUT2D eigenvalue weighted by Crippen LogP contribution is -2.39. The van der Waals surface area contributed by atoms with E-state index in [1.165, 1.54) is 0 Å². The highest BCUT2D eigenvalue weighted by Crippen LogP contribution is 2.22. The minimum atomic E-state index is -0.268. The summed E-state index contributed by atoms with van der Waals surface area (Å²) >= 11 is 0. The molecule has 3 N–H and O–H groups in total. The minimum absolute atomic E-state index is 0.184. The van der Waals surface area contributed by atoms with Crippen LogP contribution in [0.2, 0.25) is 0 Å². The molecule has 0 saturated carbocycles. The minimum Gasteiger partial charge on any atom is -0.368 e. The molecule has 1 aliphatic rings. The largest absolute Gasteiger partial charge is 0.368 e. The Labute approximate surface area is 176 Å². The van der Waals surface area contributed by atoms with E-state index in [9.17, 15) is 9.59 Å². The number of nitrogens with two attached hydrogens (primary N) is 1. The molecule has 152 valence electrons. The Morgan fingerprint density at radius 3 is 2.73 bits per heavy atom. The number of anilines is 1. The maximum absolute atomic E-state index is 12.4. The maximum atomic E-state index is 12.4. The molecule has 1 aliphatic heterocycles. The zero-order valence-electron chi connectivity index (χ0n) is 16.8. The van der Waals surface area contributed by atoms with Gasteiger partial charge in [-0.15, -0.1) is 0 Å². The van der Waals surface area contributed by atoms with Gasteiger partial charge in [-0.3, -0.25) is 14.5 Å². The number of benzene rings is 3. The number of nitrogens with zero attached hydrogens (tertiary/aromatic N) is 1. The first kappa shape index (κ1) is 19.9. The lowest BCUT2D eigenvalue weighted by atomic mass is 10.0. The molecule has 3 aromatic carbocycles. The SMILES string of the molecule is NC(=O)C1CCCN1Cc1cccc(NC(=O)/C=C/c2cccc3ccccc23)c1. The molecule has 0 aromatic heterocycles. The molecule has 1 fully saturated rings. The predicted molar refractivity (Wildman–Crippen MR) is 121 cm³/mol. The van der Waals surface area contributed by atoms with E-state index in [1.807, 2.05) is 60.7 Å². The third-order valence-electron chi connectivity index (χ3n) is 5.51. The zero-order chi connectivity index (χ0) is 20.9. The van der Waals surface area contributed by atoms with Crippen LogP contribution in [0.15, 0.2) is 72.8 Å². The van der Waals surface area contributed by atoms with E-state index in [1.54, 1.807) is 6.08 Å². The lowest BCUT2D eigenvalue weighted by Gasteiger charge is -2.22. The van der Waals surface area contributed by atoms with Crippen molar-refractivity contribution in [1.82, 2.24) is 4.90 Å². The maximum Gasteiger partial charge on any atom is 0.248 e.